The Morgan fingerprint density at radius 1 is 1.52 bits per heavy atom. The summed E-state index contributed by atoms with van der Waals surface area (Å²) in [6.07, 6.45) is 4.96. The van der Waals surface area contributed by atoms with E-state index >= 15 is 0 Å². The number of amides is 1. The highest BCUT2D eigenvalue weighted by atomic mass is 16.5. The van der Waals surface area contributed by atoms with Crippen LogP contribution in [0.1, 0.15) is 50.5 Å². The standard InChI is InChI=1S/C17H24N2O2/c1-4-21-13(3)17-10-12(2)9-14(11-17)19(17)16(20)15-7-5-6-8-18-15/h5-8,12-14H,4,9-11H2,1-3H3/t12-,13?,14?,17+/m1/s1. The summed E-state index contributed by atoms with van der Waals surface area (Å²) < 4.78 is 5.87. The van der Waals surface area contributed by atoms with Gasteiger partial charge in [0.1, 0.15) is 5.69 Å². The molecule has 0 spiro atoms. The normalized spacial score (nSPS) is 32.4. The van der Waals surface area contributed by atoms with Crippen LogP contribution in [0.4, 0.5) is 0 Å². The summed E-state index contributed by atoms with van der Waals surface area (Å²) in [5.74, 6) is 0.713. The molecule has 2 heterocycles. The van der Waals surface area contributed by atoms with Crippen LogP contribution in [0.5, 0.6) is 0 Å². The number of rotatable bonds is 4. The molecule has 1 saturated heterocycles. The molecule has 0 N–H and O–H groups in total. The van der Waals surface area contributed by atoms with Crippen LogP contribution in [0.25, 0.3) is 0 Å². The van der Waals surface area contributed by atoms with Crippen molar-refractivity contribution in [1.82, 2.24) is 9.88 Å². The molecule has 2 unspecified atom stereocenters. The number of piperidine rings is 1. The highest BCUT2D eigenvalue weighted by Crippen LogP contribution is 2.52. The Bertz CT molecular complexity index is 519. The summed E-state index contributed by atoms with van der Waals surface area (Å²) >= 11 is 0. The molecule has 1 aliphatic heterocycles. The van der Waals surface area contributed by atoms with Gasteiger partial charge in [0.15, 0.2) is 0 Å². The zero-order chi connectivity index (χ0) is 15.0. The Morgan fingerprint density at radius 2 is 2.33 bits per heavy atom. The minimum Gasteiger partial charge on any atom is -0.376 e. The lowest BCUT2D eigenvalue weighted by Gasteiger charge is -2.65. The lowest BCUT2D eigenvalue weighted by atomic mass is 9.62. The van der Waals surface area contributed by atoms with Crippen molar-refractivity contribution in [2.75, 3.05) is 6.61 Å². The predicted octanol–water partition coefficient (Wildman–Crippen LogP) is 2.89. The lowest BCUT2D eigenvalue weighted by Crippen LogP contribution is -2.75. The second kappa shape index (κ2) is 5.41. The number of hydrogen-bond acceptors (Lipinski definition) is 3. The Kier molecular flexibility index (Phi) is 3.74. The first-order chi connectivity index (χ1) is 10.1. The average molecular weight is 288 g/mol. The molecule has 114 valence electrons. The number of fused-ring (bicyclic) bond motifs is 2. The molecule has 1 saturated carbocycles. The second-order valence-corrected chi connectivity index (χ2v) is 6.49. The van der Waals surface area contributed by atoms with E-state index in [1.807, 2.05) is 19.1 Å². The van der Waals surface area contributed by atoms with Crippen LogP contribution in [-0.2, 0) is 4.74 Å². The van der Waals surface area contributed by atoms with Crippen molar-refractivity contribution in [3.05, 3.63) is 30.1 Å². The van der Waals surface area contributed by atoms with Crippen molar-refractivity contribution in [1.29, 1.82) is 0 Å². The van der Waals surface area contributed by atoms with E-state index in [4.69, 9.17) is 4.74 Å². The SMILES string of the molecule is CCOC(C)[C@@]12CC(C[C@@H](C)C1)N2C(=O)c1ccccn1. The molecular weight excluding hydrogens is 264 g/mol. The number of pyridine rings is 1. The lowest BCUT2D eigenvalue weighted by molar-refractivity contribution is -0.167. The van der Waals surface area contributed by atoms with Gasteiger partial charge in [-0.2, -0.15) is 0 Å². The van der Waals surface area contributed by atoms with E-state index < -0.39 is 0 Å². The van der Waals surface area contributed by atoms with Gasteiger partial charge in [-0.15, -0.1) is 0 Å². The zero-order valence-corrected chi connectivity index (χ0v) is 13.1. The number of carbonyl (C=O) groups excluding carboxylic acids is 1. The Morgan fingerprint density at radius 3 is 3.00 bits per heavy atom. The van der Waals surface area contributed by atoms with Gasteiger partial charge in [-0.25, -0.2) is 0 Å². The van der Waals surface area contributed by atoms with E-state index in [-0.39, 0.29) is 17.6 Å². The van der Waals surface area contributed by atoms with Gasteiger partial charge in [0.05, 0.1) is 11.6 Å². The number of carbonyl (C=O) groups is 1. The van der Waals surface area contributed by atoms with Crippen molar-refractivity contribution >= 4 is 5.91 Å². The molecule has 2 bridgehead atoms. The first-order valence-corrected chi connectivity index (χ1v) is 7.94. The van der Waals surface area contributed by atoms with Crippen molar-refractivity contribution in [2.45, 2.75) is 57.7 Å². The van der Waals surface area contributed by atoms with E-state index in [0.29, 0.717) is 24.3 Å². The number of ether oxygens (including phenoxy) is 1. The molecule has 1 aliphatic carbocycles. The molecule has 21 heavy (non-hydrogen) atoms. The van der Waals surface area contributed by atoms with E-state index in [1.165, 1.54) is 0 Å². The summed E-state index contributed by atoms with van der Waals surface area (Å²) in [5.41, 5.74) is 0.414. The van der Waals surface area contributed by atoms with Crippen molar-refractivity contribution in [3.8, 4) is 0 Å². The molecular formula is C17H24N2O2. The van der Waals surface area contributed by atoms with Crippen LogP contribution in [0.15, 0.2) is 24.4 Å². The third kappa shape index (κ3) is 2.26. The quantitative estimate of drug-likeness (QED) is 0.855. The van der Waals surface area contributed by atoms with E-state index in [9.17, 15) is 4.79 Å². The monoisotopic (exact) mass is 288 g/mol. The van der Waals surface area contributed by atoms with Gasteiger partial charge in [-0.05, 0) is 51.2 Å². The predicted molar refractivity (Wildman–Crippen MR) is 81.0 cm³/mol. The number of nitrogens with zero attached hydrogens (tertiary/aromatic N) is 2. The van der Waals surface area contributed by atoms with Crippen LogP contribution in [-0.4, -0.2) is 40.1 Å². The molecule has 2 aliphatic rings. The first kappa shape index (κ1) is 14.5. The molecule has 0 aromatic carbocycles. The number of hydrogen-bond donors (Lipinski definition) is 0. The van der Waals surface area contributed by atoms with Crippen LogP contribution in [0.3, 0.4) is 0 Å². The van der Waals surface area contributed by atoms with Crippen LogP contribution in [0, 0.1) is 5.92 Å². The summed E-state index contributed by atoms with van der Waals surface area (Å²) in [7, 11) is 0. The number of likely N-dealkylation sites (tertiary alicyclic amines) is 1. The average Bonchev–Trinajstić information content (AvgIpc) is 2.47. The molecule has 0 radical (unpaired) electrons. The summed E-state index contributed by atoms with van der Waals surface area (Å²) in [5, 5.41) is 0. The summed E-state index contributed by atoms with van der Waals surface area (Å²) in [6, 6.07) is 5.87. The maximum atomic E-state index is 12.9. The fourth-order valence-electron chi connectivity index (χ4n) is 4.28. The van der Waals surface area contributed by atoms with Crippen LogP contribution >= 0.6 is 0 Å². The highest BCUT2D eigenvalue weighted by molar-refractivity contribution is 5.94. The van der Waals surface area contributed by atoms with E-state index in [2.05, 4.69) is 23.7 Å². The van der Waals surface area contributed by atoms with Crippen molar-refractivity contribution in [2.24, 2.45) is 5.92 Å². The molecule has 2 fully saturated rings. The van der Waals surface area contributed by atoms with Gasteiger partial charge in [0, 0.05) is 18.8 Å². The van der Waals surface area contributed by atoms with Gasteiger partial charge in [0.25, 0.3) is 5.91 Å². The fourth-order valence-corrected chi connectivity index (χ4v) is 4.28. The van der Waals surface area contributed by atoms with Crippen molar-refractivity contribution in [3.63, 3.8) is 0 Å². The molecule has 1 aromatic rings. The second-order valence-electron chi connectivity index (χ2n) is 6.49. The molecule has 4 heteroatoms. The van der Waals surface area contributed by atoms with Crippen molar-refractivity contribution < 1.29 is 9.53 Å². The topological polar surface area (TPSA) is 42.4 Å². The molecule has 1 amide bonds. The minimum atomic E-state index is -0.132. The maximum Gasteiger partial charge on any atom is 0.273 e. The molecule has 4 atom stereocenters. The zero-order valence-electron chi connectivity index (χ0n) is 13.1. The van der Waals surface area contributed by atoms with Gasteiger partial charge >= 0.3 is 0 Å². The smallest absolute Gasteiger partial charge is 0.273 e. The van der Waals surface area contributed by atoms with Gasteiger partial charge in [-0.1, -0.05) is 13.0 Å². The van der Waals surface area contributed by atoms with E-state index in [0.717, 1.165) is 19.3 Å². The molecule has 1 aromatic heterocycles. The largest absolute Gasteiger partial charge is 0.376 e. The Hall–Kier alpha value is -1.42. The number of aromatic nitrogens is 1. The van der Waals surface area contributed by atoms with Gasteiger partial charge in [-0.3, -0.25) is 9.78 Å². The fraction of sp³-hybridized carbons (Fsp3) is 0.647. The van der Waals surface area contributed by atoms with Gasteiger partial charge in [0.2, 0.25) is 0 Å². The molecule has 4 nitrogen and oxygen atoms in total. The van der Waals surface area contributed by atoms with Crippen LogP contribution in [0.2, 0.25) is 0 Å². The Balaban J connectivity index is 1.88. The molecule has 3 rings (SSSR count). The Labute approximate surface area is 126 Å². The first-order valence-electron chi connectivity index (χ1n) is 7.94. The van der Waals surface area contributed by atoms with E-state index in [1.54, 1.807) is 12.3 Å². The minimum absolute atomic E-state index is 0.0605. The highest BCUT2D eigenvalue weighted by Gasteiger charge is 2.61. The maximum absolute atomic E-state index is 12.9. The summed E-state index contributed by atoms with van der Waals surface area (Å²) in [4.78, 5) is 19.2. The third-order valence-electron chi connectivity index (χ3n) is 5.09. The summed E-state index contributed by atoms with van der Waals surface area (Å²) in [6.45, 7) is 7.09. The van der Waals surface area contributed by atoms with Crippen LogP contribution < -0.4 is 0 Å². The third-order valence-corrected chi connectivity index (χ3v) is 5.09. The van der Waals surface area contributed by atoms with Gasteiger partial charge < -0.3 is 9.64 Å².